The van der Waals surface area contributed by atoms with Crippen LogP contribution in [0.3, 0.4) is 0 Å². The van der Waals surface area contributed by atoms with E-state index in [0.717, 1.165) is 30.0 Å². The van der Waals surface area contributed by atoms with Gasteiger partial charge in [0.1, 0.15) is 0 Å². The number of amides is 1. The van der Waals surface area contributed by atoms with E-state index in [1.165, 1.54) is 7.11 Å². The summed E-state index contributed by atoms with van der Waals surface area (Å²) in [6.45, 7) is 2.16. The number of likely N-dealkylation sites (tertiary alicyclic amines) is 1. The van der Waals surface area contributed by atoms with Crippen LogP contribution in [-0.4, -0.2) is 47.7 Å². The second-order valence-electron chi connectivity index (χ2n) is 4.88. The molecule has 0 bridgehead atoms. The summed E-state index contributed by atoms with van der Waals surface area (Å²) in [5, 5.41) is 3.43. The molecule has 5 nitrogen and oxygen atoms in total. The predicted molar refractivity (Wildman–Crippen MR) is 78.0 cm³/mol. The third kappa shape index (κ3) is 3.80. The van der Waals surface area contributed by atoms with E-state index in [0.29, 0.717) is 12.6 Å². The Hall–Kier alpha value is -1.40. The first kappa shape index (κ1) is 15.0. The number of ether oxygens (including phenoxy) is 1. The zero-order valence-electron chi connectivity index (χ0n) is 11.8. The molecule has 2 rings (SSSR count). The van der Waals surface area contributed by atoms with Crippen LogP contribution in [0.2, 0.25) is 0 Å². The molecule has 1 aromatic rings. The fourth-order valence-corrected chi connectivity index (χ4v) is 2.80. The van der Waals surface area contributed by atoms with Crippen LogP contribution in [-0.2, 0) is 22.1 Å². The average molecular weight is 296 g/mol. The zero-order valence-corrected chi connectivity index (χ0v) is 12.6. The SMILES string of the molecule is COC(=O)N1CCC(NCc2ccc(S(C)=O)cc2)C1. The first-order valence-electron chi connectivity index (χ1n) is 6.59. The van der Waals surface area contributed by atoms with Crippen molar-refractivity contribution in [2.24, 2.45) is 0 Å². The largest absolute Gasteiger partial charge is 0.453 e. The summed E-state index contributed by atoms with van der Waals surface area (Å²) in [6, 6.07) is 8.05. The van der Waals surface area contributed by atoms with E-state index in [1.807, 2.05) is 24.3 Å². The highest BCUT2D eigenvalue weighted by atomic mass is 32.2. The number of hydrogen-bond acceptors (Lipinski definition) is 4. The van der Waals surface area contributed by atoms with Gasteiger partial charge in [-0.3, -0.25) is 4.21 Å². The molecular formula is C14H20N2O3S. The second kappa shape index (κ2) is 6.85. The molecule has 0 spiro atoms. The summed E-state index contributed by atoms with van der Waals surface area (Å²) in [6.07, 6.45) is 2.35. The summed E-state index contributed by atoms with van der Waals surface area (Å²) in [5.41, 5.74) is 1.15. The minimum atomic E-state index is -0.933. The monoisotopic (exact) mass is 296 g/mol. The molecule has 0 radical (unpaired) electrons. The van der Waals surface area contributed by atoms with Crippen LogP contribution in [0.1, 0.15) is 12.0 Å². The molecule has 1 fully saturated rings. The van der Waals surface area contributed by atoms with Crippen LogP contribution in [0.15, 0.2) is 29.2 Å². The number of carbonyl (C=O) groups is 1. The number of methoxy groups -OCH3 is 1. The second-order valence-corrected chi connectivity index (χ2v) is 6.26. The van der Waals surface area contributed by atoms with Crippen molar-refractivity contribution in [1.82, 2.24) is 10.2 Å². The molecule has 20 heavy (non-hydrogen) atoms. The van der Waals surface area contributed by atoms with Gasteiger partial charge in [0, 0.05) is 47.6 Å². The van der Waals surface area contributed by atoms with Gasteiger partial charge >= 0.3 is 6.09 Å². The minimum absolute atomic E-state index is 0.260. The van der Waals surface area contributed by atoms with Crippen molar-refractivity contribution in [3.63, 3.8) is 0 Å². The smallest absolute Gasteiger partial charge is 0.409 e. The number of nitrogens with zero attached hydrogens (tertiary/aromatic N) is 1. The Bertz CT molecular complexity index is 490. The van der Waals surface area contributed by atoms with Gasteiger partial charge in [-0.15, -0.1) is 0 Å². The first-order valence-corrected chi connectivity index (χ1v) is 8.14. The third-order valence-electron chi connectivity index (χ3n) is 3.47. The lowest BCUT2D eigenvalue weighted by Gasteiger charge is -2.15. The van der Waals surface area contributed by atoms with Crippen LogP contribution in [0.4, 0.5) is 4.79 Å². The molecule has 2 unspecified atom stereocenters. The lowest BCUT2D eigenvalue weighted by molar-refractivity contribution is 0.132. The molecule has 0 aromatic heterocycles. The van der Waals surface area contributed by atoms with E-state index in [-0.39, 0.29) is 6.09 Å². The Balaban J connectivity index is 1.81. The van der Waals surface area contributed by atoms with Gasteiger partial charge in [0.05, 0.1) is 7.11 Å². The van der Waals surface area contributed by atoms with Gasteiger partial charge in [-0.25, -0.2) is 4.79 Å². The molecule has 1 saturated heterocycles. The average Bonchev–Trinajstić information content (AvgIpc) is 2.93. The Morgan fingerprint density at radius 2 is 2.15 bits per heavy atom. The molecule has 0 saturated carbocycles. The van der Waals surface area contributed by atoms with Crippen molar-refractivity contribution in [2.45, 2.75) is 23.9 Å². The van der Waals surface area contributed by atoms with E-state index in [4.69, 9.17) is 4.74 Å². The predicted octanol–water partition coefficient (Wildman–Crippen LogP) is 1.35. The molecule has 1 aliphatic heterocycles. The number of rotatable bonds is 4. The third-order valence-corrected chi connectivity index (χ3v) is 4.41. The Labute approximate surface area is 121 Å². The molecule has 6 heteroatoms. The molecule has 1 heterocycles. The number of benzene rings is 1. The van der Waals surface area contributed by atoms with Crippen LogP contribution in [0.5, 0.6) is 0 Å². The molecule has 110 valence electrons. The number of carbonyl (C=O) groups excluding carboxylic acids is 1. The summed E-state index contributed by atoms with van der Waals surface area (Å²) in [7, 11) is 0.472. The highest BCUT2D eigenvalue weighted by Crippen LogP contribution is 2.12. The van der Waals surface area contributed by atoms with Gasteiger partial charge in [0.15, 0.2) is 0 Å². The zero-order chi connectivity index (χ0) is 14.5. The van der Waals surface area contributed by atoms with Gasteiger partial charge in [0.2, 0.25) is 0 Å². The summed E-state index contributed by atoms with van der Waals surface area (Å²) in [5.74, 6) is 0. The Morgan fingerprint density at radius 3 is 2.75 bits per heavy atom. The van der Waals surface area contributed by atoms with Gasteiger partial charge in [-0.1, -0.05) is 12.1 Å². The van der Waals surface area contributed by atoms with Crippen molar-refractivity contribution in [3.8, 4) is 0 Å². The van der Waals surface area contributed by atoms with Crippen LogP contribution in [0, 0.1) is 0 Å². The van der Waals surface area contributed by atoms with Gasteiger partial charge in [-0.2, -0.15) is 0 Å². The topological polar surface area (TPSA) is 58.6 Å². The molecule has 1 N–H and O–H groups in total. The van der Waals surface area contributed by atoms with Crippen molar-refractivity contribution in [3.05, 3.63) is 29.8 Å². The van der Waals surface area contributed by atoms with Gasteiger partial charge in [0.25, 0.3) is 0 Å². The van der Waals surface area contributed by atoms with E-state index in [2.05, 4.69) is 5.32 Å². The summed E-state index contributed by atoms with van der Waals surface area (Å²) >= 11 is 0. The molecular weight excluding hydrogens is 276 g/mol. The van der Waals surface area contributed by atoms with Crippen LogP contribution >= 0.6 is 0 Å². The normalized spacial score (nSPS) is 19.9. The van der Waals surface area contributed by atoms with E-state index in [9.17, 15) is 9.00 Å². The number of hydrogen-bond donors (Lipinski definition) is 1. The maximum absolute atomic E-state index is 11.4. The maximum atomic E-state index is 11.4. The quantitative estimate of drug-likeness (QED) is 0.911. The van der Waals surface area contributed by atoms with Crippen LogP contribution in [0.25, 0.3) is 0 Å². The van der Waals surface area contributed by atoms with Crippen molar-refractivity contribution in [2.75, 3.05) is 26.5 Å². The van der Waals surface area contributed by atoms with Crippen LogP contribution < -0.4 is 5.32 Å². The highest BCUT2D eigenvalue weighted by Gasteiger charge is 2.26. The van der Waals surface area contributed by atoms with E-state index < -0.39 is 10.8 Å². The summed E-state index contributed by atoms with van der Waals surface area (Å²) in [4.78, 5) is 13.9. The summed E-state index contributed by atoms with van der Waals surface area (Å²) < 4.78 is 16.0. The lowest BCUT2D eigenvalue weighted by Crippen LogP contribution is -2.34. The van der Waals surface area contributed by atoms with Crippen molar-refractivity contribution in [1.29, 1.82) is 0 Å². The first-order chi connectivity index (χ1) is 9.60. The Morgan fingerprint density at radius 1 is 1.45 bits per heavy atom. The molecule has 2 atom stereocenters. The van der Waals surface area contributed by atoms with Gasteiger partial charge in [-0.05, 0) is 24.1 Å². The molecule has 1 amide bonds. The van der Waals surface area contributed by atoms with E-state index >= 15 is 0 Å². The fraction of sp³-hybridized carbons (Fsp3) is 0.500. The Kier molecular flexibility index (Phi) is 5.14. The molecule has 1 aliphatic rings. The molecule has 1 aromatic carbocycles. The van der Waals surface area contributed by atoms with Crippen molar-refractivity contribution < 1.29 is 13.7 Å². The standard InChI is InChI=1S/C14H20N2O3S/c1-19-14(17)16-8-7-12(10-16)15-9-11-3-5-13(6-4-11)20(2)18/h3-6,12,15H,7-10H2,1-2H3. The number of nitrogens with one attached hydrogen (secondary N) is 1. The highest BCUT2D eigenvalue weighted by molar-refractivity contribution is 7.84. The van der Waals surface area contributed by atoms with Gasteiger partial charge < -0.3 is 15.0 Å². The molecule has 0 aliphatic carbocycles. The minimum Gasteiger partial charge on any atom is -0.453 e. The fourth-order valence-electron chi connectivity index (χ4n) is 2.28. The van der Waals surface area contributed by atoms with E-state index in [1.54, 1.807) is 11.2 Å². The van der Waals surface area contributed by atoms with Crippen molar-refractivity contribution >= 4 is 16.9 Å². The lowest BCUT2D eigenvalue weighted by atomic mass is 10.2. The maximum Gasteiger partial charge on any atom is 0.409 e.